The van der Waals surface area contributed by atoms with Crippen molar-refractivity contribution in [2.45, 2.75) is 32.9 Å². The minimum Gasteiger partial charge on any atom is -0.376 e. The van der Waals surface area contributed by atoms with Crippen LogP contribution in [-0.2, 0) is 9.84 Å². The first kappa shape index (κ1) is 23.5. The number of nitrogens with one attached hydrogen (secondary N) is 2. The zero-order chi connectivity index (χ0) is 22.6. The third-order valence-electron chi connectivity index (χ3n) is 4.35. The van der Waals surface area contributed by atoms with E-state index in [0.29, 0.717) is 5.56 Å². The van der Waals surface area contributed by atoms with E-state index < -0.39 is 50.8 Å². The number of carbonyl (C=O) groups is 1. The molecule has 0 heterocycles. The Kier molecular flexibility index (Phi) is 7.30. The monoisotopic (exact) mass is 440 g/mol. The lowest BCUT2D eigenvalue weighted by Gasteiger charge is -2.19. The van der Waals surface area contributed by atoms with Crippen molar-refractivity contribution in [2.24, 2.45) is 0 Å². The predicted molar refractivity (Wildman–Crippen MR) is 110 cm³/mol. The van der Waals surface area contributed by atoms with Crippen LogP contribution in [0.5, 0.6) is 0 Å². The first-order chi connectivity index (χ1) is 13.9. The third kappa shape index (κ3) is 6.35. The van der Waals surface area contributed by atoms with Crippen LogP contribution in [0.2, 0.25) is 0 Å². The highest BCUT2D eigenvalue weighted by Crippen LogP contribution is 2.26. The molecule has 0 fully saturated rings. The van der Waals surface area contributed by atoms with Crippen LogP contribution in [-0.4, -0.2) is 26.6 Å². The number of hydrogen-bond acceptors (Lipinski definition) is 4. The van der Waals surface area contributed by atoms with Gasteiger partial charge in [-0.2, -0.15) is 0 Å². The minimum atomic E-state index is -3.38. The smallest absolute Gasteiger partial charge is 0.254 e. The second-order valence-corrected chi connectivity index (χ2v) is 9.03. The maximum atomic E-state index is 14.5. The molecule has 9 heteroatoms. The van der Waals surface area contributed by atoms with E-state index in [9.17, 15) is 26.4 Å². The number of hydrogen-bond donors (Lipinski definition) is 2. The second kappa shape index (κ2) is 9.34. The van der Waals surface area contributed by atoms with Crippen molar-refractivity contribution in [2.75, 3.05) is 11.6 Å². The van der Waals surface area contributed by atoms with Crippen LogP contribution < -0.4 is 10.6 Å². The van der Waals surface area contributed by atoms with Gasteiger partial charge in [-0.15, -0.1) is 0 Å². The molecule has 0 aromatic heterocycles. The number of rotatable bonds is 7. The molecule has 5 nitrogen and oxygen atoms in total. The highest BCUT2D eigenvalue weighted by atomic mass is 32.2. The molecule has 0 saturated heterocycles. The number of carbonyl (C=O) groups excluding carboxylic acids is 1. The molecule has 0 bridgehead atoms. The van der Waals surface area contributed by atoms with Crippen LogP contribution in [0, 0.1) is 24.4 Å². The highest BCUT2D eigenvalue weighted by Gasteiger charge is 2.19. The average molecular weight is 440 g/mol. The van der Waals surface area contributed by atoms with Gasteiger partial charge in [0.15, 0.2) is 9.84 Å². The summed E-state index contributed by atoms with van der Waals surface area (Å²) in [4.78, 5) is 12.2. The average Bonchev–Trinajstić information content (AvgIpc) is 2.64. The summed E-state index contributed by atoms with van der Waals surface area (Å²) in [7, 11) is -3.38. The van der Waals surface area contributed by atoms with Crippen LogP contribution in [0.15, 0.2) is 41.8 Å². The second-order valence-electron chi connectivity index (χ2n) is 7.10. The maximum absolute atomic E-state index is 14.5. The molecule has 162 valence electrons. The first-order valence-corrected chi connectivity index (χ1v) is 11.0. The molecule has 0 aliphatic heterocycles. The Hall–Kier alpha value is -2.81. The van der Waals surface area contributed by atoms with Gasteiger partial charge < -0.3 is 10.6 Å². The van der Waals surface area contributed by atoms with Crippen molar-refractivity contribution < 1.29 is 26.4 Å². The fraction of sp³-hybridized carbons (Fsp3) is 0.286. The van der Waals surface area contributed by atoms with Crippen LogP contribution in [0.25, 0.3) is 0 Å². The summed E-state index contributed by atoms with van der Waals surface area (Å²) in [5.74, 6) is -3.15. The number of amides is 1. The number of aryl methyl sites for hydroxylation is 1. The molecule has 1 amide bonds. The van der Waals surface area contributed by atoms with Gasteiger partial charge in [0, 0.05) is 29.8 Å². The number of halogens is 3. The van der Waals surface area contributed by atoms with Crippen molar-refractivity contribution in [3.63, 3.8) is 0 Å². The van der Waals surface area contributed by atoms with Crippen molar-refractivity contribution in [3.8, 4) is 0 Å². The van der Waals surface area contributed by atoms with E-state index in [1.807, 2.05) is 0 Å². The fourth-order valence-corrected chi connectivity index (χ4v) is 3.33. The minimum absolute atomic E-state index is 0.176. The lowest BCUT2D eigenvalue weighted by molar-refractivity contribution is 0.0942. The summed E-state index contributed by atoms with van der Waals surface area (Å²) < 4.78 is 64.7. The summed E-state index contributed by atoms with van der Waals surface area (Å²) in [6, 6.07) is 4.59. The maximum Gasteiger partial charge on any atom is 0.254 e. The van der Waals surface area contributed by atoms with E-state index in [1.165, 1.54) is 25.1 Å². The van der Waals surface area contributed by atoms with Crippen molar-refractivity contribution in [1.29, 1.82) is 0 Å². The Morgan fingerprint density at radius 2 is 1.73 bits per heavy atom. The van der Waals surface area contributed by atoms with Gasteiger partial charge in [-0.25, -0.2) is 21.6 Å². The molecular formula is C21H23F3N2O3S. The quantitative estimate of drug-likeness (QED) is 0.675. The standard InChI is InChI=1S/C21H23F3N2O3S/c1-12-5-6-15(22)9-16(12)14(3)26-20-11-18(23)17(10-19(20)24)21(27)25-13(2)7-8-30(4,28)29/h5-11,13-14,26H,1-4H3,(H,25,27)/b8-7+/t13-,14-/m1/s1. The van der Waals surface area contributed by atoms with Crippen molar-refractivity contribution >= 4 is 21.4 Å². The Labute approximate surface area is 173 Å². The lowest BCUT2D eigenvalue weighted by Crippen LogP contribution is -2.32. The summed E-state index contributed by atoms with van der Waals surface area (Å²) in [5.41, 5.74) is 0.671. The Bertz CT molecular complexity index is 1090. The van der Waals surface area contributed by atoms with Gasteiger partial charge >= 0.3 is 0 Å². The Morgan fingerprint density at radius 3 is 2.37 bits per heavy atom. The summed E-state index contributed by atoms with van der Waals surface area (Å²) >= 11 is 0. The molecule has 2 N–H and O–H groups in total. The van der Waals surface area contributed by atoms with Crippen LogP contribution in [0.1, 0.15) is 41.4 Å². The molecule has 2 atom stereocenters. The fourth-order valence-electron chi connectivity index (χ4n) is 2.81. The van der Waals surface area contributed by atoms with Crippen LogP contribution >= 0.6 is 0 Å². The number of sulfone groups is 1. The molecule has 0 spiro atoms. The molecule has 0 unspecified atom stereocenters. The van der Waals surface area contributed by atoms with E-state index in [1.54, 1.807) is 19.9 Å². The van der Waals surface area contributed by atoms with Crippen molar-refractivity contribution in [1.82, 2.24) is 5.32 Å². The number of benzene rings is 2. The van der Waals surface area contributed by atoms with E-state index in [4.69, 9.17) is 0 Å². The highest BCUT2D eigenvalue weighted by molar-refractivity contribution is 7.93. The predicted octanol–water partition coefficient (Wildman–Crippen LogP) is 4.26. The SMILES string of the molecule is Cc1ccc(F)cc1[C@@H](C)Nc1cc(F)c(C(=O)N[C@H](C)/C=C/S(C)(=O)=O)cc1F. The van der Waals surface area contributed by atoms with Gasteiger partial charge in [0.1, 0.15) is 17.5 Å². The van der Waals surface area contributed by atoms with Gasteiger partial charge in [-0.05, 0) is 50.1 Å². The molecule has 0 radical (unpaired) electrons. The molecule has 2 aromatic carbocycles. The Morgan fingerprint density at radius 1 is 1.07 bits per heavy atom. The van der Waals surface area contributed by atoms with Gasteiger partial charge in [-0.3, -0.25) is 4.79 Å². The molecule has 0 aliphatic carbocycles. The molecule has 2 aromatic rings. The van der Waals surface area contributed by atoms with E-state index in [-0.39, 0.29) is 5.69 Å². The summed E-state index contributed by atoms with van der Waals surface area (Å²) in [6.45, 7) is 4.94. The van der Waals surface area contributed by atoms with Gasteiger partial charge in [0.2, 0.25) is 0 Å². The first-order valence-electron chi connectivity index (χ1n) is 9.08. The summed E-state index contributed by atoms with van der Waals surface area (Å²) in [5, 5.41) is 6.08. The normalized spacial score (nSPS) is 13.8. The lowest BCUT2D eigenvalue weighted by atomic mass is 10.0. The molecule has 0 aliphatic rings. The topological polar surface area (TPSA) is 75.3 Å². The molecule has 30 heavy (non-hydrogen) atoms. The van der Waals surface area contributed by atoms with Crippen molar-refractivity contribution in [3.05, 3.63) is 76.0 Å². The summed E-state index contributed by atoms with van der Waals surface area (Å²) in [6.07, 6.45) is 2.21. The largest absolute Gasteiger partial charge is 0.376 e. The zero-order valence-electron chi connectivity index (χ0n) is 17.0. The van der Waals surface area contributed by atoms with Crippen LogP contribution in [0.4, 0.5) is 18.9 Å². The zero-order valence-corrected chi connectivity index (χ0v) is 17.8. The van der Waals surface area contributed by atoms with Gasteiger partial charge in [-0.1, -0.05) is 12.1 Å². The molecule has 2 rings (SSSR count). The third-order valence-corrected chi connectivity index (χ3v) is 5.01. The van der Waals surface area contributed by atoms with E-state index in [2.05, 4.69) is 10.6 Å². The number of anilines is 1. The Balaban J connectivity index is 2.19. The van der Waals surface area contributed by atoms with Gasteiger partial charge in [0.05, 0.1) is 11.3 Å². The molecule has 0 saturated carbocycles. The molecular weight excluding hydrogens is 417 g/mol. The van der Waals surface area contributed by atoms with Crippen LogP contribution in [0.3, 0.4) is 0 Å². The van der Waals surface area contributed by atoms with Gasteiger partial charge in [0.25, 0.3) is 5.91 Å². The van der Waals surface area contributed by atoms with E-state index in [0.717, 1.165) is 29.4 Å². The van der Waals surface area contributed by atoms with E-state index >= 15 is 0 Å².